The summed E-state index contributed by atoms with van der Waals surface area (Å²) in [5.41, 5.74) is -1.90. The predicted octanol–water partition coefficient (Wildman–Crippen LogP) is 1.78. The standard InChI is InChI=1S/C42H68O13/c1-21-28(46)33(55-34-31(49)30(48)29(47)22(18-43)53-34)32(50)35(52-21)54-27-10-11-37(4)23(38(27,5)19-44)8-12-39(6)24(37)9-13-42-25-16-36(2,3)14-15-41(25,20-51-42)26(45)17-40(39,42)7/h9,13,21-35,43-50H,8,10-12,14-20H2,1-7H3/t21-,22-,23?,24?,25-,26?,27?,28+,29-,30+,31-,32-,33+,34+,35+,37+,38+,39-,40?,41-,42+/m1/s1. The Kier molecular flexibility index (Phi) is 9.95. The quantitative estimate of drug-likeness (QED) is 0.143. The molecule has 314 valence electrons. The number of ether oxygens (including phenoxy) is 5. The van der Waals surface area contributed by atoms with Crippen LogP contribution in [0.4, 0.5) is 0 Å². The SMILES string of the molecule is C[C@H]1O[C@@H](OC2CC[C@@]3(C)C(CC[C@]4(C)C3C=C[C@]35OC[C@@]6(CCC(C)(C)C[C@H]63)C(O)CC54C)[C@]2(C)CO)[C@H](O)[C@@H](O[C@@H]2O[C@H](CO)[C@@H](O)[C@H](O)[C@H]2O)[C@H]1O. The van der Waals surface area contributed by atoms with Gasteiger partial charge >= 0.3 is 0 Å². The molecule has 8 rings (SSSR count). The fourth-order valence-electron chi connectivity index (χ4n) is 14.3. The van der Waals surface area contributed by atoms with E-state index in [1.165, 1.54) is 0 Å². The molecule has 4 saturated carbocycles. The van der Waals surface area contributed by atoms with Crippen LogP contribution in [0.2, 0.25) is 0 Å². The molecule has 13 heteroatoms. The topological polar surface area (TPSA) is 208 Å². The second kappa shape index (κ2) is 13.4. The zero-order valence-corrected chi connectivity index (χ0v) is 33.7. The molecule has 3 aliphatic heterocycles. The minimum atomic E-state index is -1.72. The Bertz CT molecular complexity index is 1490. The summed E-state index contributed by atoms with van der Waals surface area (Å²) in [5.74, 6) is 0.449. The normalized spacial score (nSPS) is 59.7. The van der Waals surface area contributed by atoms with Gasteiger partial charge in [-0.2, -0.15) is 0 Å². The van der Waals surface area contributed by atoms with Crippen molar-refractivity contribution in [3.05, 3.63) is 12.2 Å². The van der Waals surface area contributed by atoms with Gasteiger partial charge < -0.3 is 64.5 Å². The summed E-state index contributed by atoms with van der Waals surface area (Å²) in [6, 6.07) is 0. The Hall–Kier alpha value is -0.780. The average molecular weight is 781 g/mol. The summed E-state index contributed by atoms with van der Waals surface area (Å²) in [4.78, 5) is 0. The molecular weight excluding hydrogens is 712 g/mol. The van der Waals surface area contributed by atoms with E-state index in [1.54, 1.807) is 6.92 Å². The van der Waals surface area contributed by atoms with Crippen LogP contribution in [0.15, 0.2) is 12.2 Å². The highest BCUT2D eigenvalue weighted by atomic mass is 16.7. The maximum atomic E-state index is 12.1. The minimum absolute atomic E-state index is 0.0414. The lowest BCUT2D eigenvalue weighted by Gasteiger charge is -2.73. The molecule has 3 saturated heterocycles. The molecule has 21 atom stereocenters. The molecule has 0 aromatic rings. The number of hydrogen-bond donors (Lipinski definition) is 8. The highest BCUT2D eigenvalue weighted by molar-refractivity contribution is 5.36. The van der Waals surface area contributed by atoms with E-state index in [1.807, 2.05) is 0 Å². The van der Waals surface area contributed by atoms with Crippen LogP contribution in [0.1, 0.15) is 99.8 Å². The number of fused-ring (bicyclic) bond motifs is 4. The molecular formula is C42H68O13. The Morgan fingerprint density at radius 2 is 1.44 bits per heavy atom. The first-order chi connectivity index (χ1) is 25.7. The van der Waals surface area contributed by atoms with E-state index in [4.69, 9.17) is 23.7 Å². The van der Waals surface area contributed by atoms with Gasteiger partial charge in [-0.25, -0.2) is 0 Å². The van der Waals surface area contributed by atoms with Crippen molar-refractivity contribution in [1.82, 2.24) is 0 Å². The van der Waals surface area contributed by atoms with Crippen LogP contribution >= 0.6 is 0 Å². The van der Waals surface area contributed by atoms with Crippen LogP contribution in [0.3, 0.4) is 0 Å². The van der Waals surface area contributed by atoms with Crippen LogP contribution in [0, 0.1) is 50.2 Å². The van der Waals surface area contributed by atoms with Gasteiger partial charge in [0.25, 0.3) is 0 Å². The van der Waals surface area contributed by atoms with Gasteiger partial charge in [-0.1, -0.05) is 53.7 Å². The third-order valence-electron chi connectivity index (χ3n) is 17.9. The third-order valence-corrected chi connectivity index (χ3v) is 17.9. The van der Waals surface area contributed by atoms with Crippen molar-refractivity contribution in [2.24, 2.45) is 50.2 Å². The summed E-state index contributed by atoms with van der Waals surface area (Å²) in [6.45, 7) is 15.4. The van der Waals surface area contributed by atoms with Crippen LogP contribution in [-0.2, 0) is 23.7 Å². The van der Waals surface area contributed by atoms with Gasteiger partial charge in [-0.3, -0.25) is 0 Å². The second-order valence-corrected chi connectivity index (χ2v) is 21.0. The first kappa shape index (κ1) is 41.0. The number of hydrogen-bond acceptors (Lipinski definition) is 13. The van der Waals surface area contributed by atoms with E-state index >= 15 is 0 Å². The first-order valence-electron chi connectivity index (χ1n) is 20.9. The Morgan fingerprint density at radius 3 is 2.13 bits per heavy atom. The first-order valence-corrected chi connectivity index (χ1v) is 20.9. The van der Waals surface area contributed by atoms with Crippen molar-refractivity contribution < 1.29 is 64.5 Å². The van der Waals surface area contributed by atoms with Crippen LogP contribution in [-0.4, -0.2) is 140 Å². The maximum absolute atomic E-state index is 12.1. The van der Waals surface area contributed by atoms with E-state index in [-0.39, 0.29) is 51.4 Å². The van der Waals surface area contributed by atoms with E-state index in [0.717, 1.165) is 38.5 Å². The zero-order chi connectivity index (χ0) is 39.9. The predicted molar refractivity (Wildman–Crippen MR) is 197 cm³/mol. The van der Waals surface area contributed by atoms with Crippen molar-refractivity contribution >= 4 is 0 Å². The second-order valence-electron chi connectivity index (χ2n) is 21.0. The largest absolute Gasteiger partial charge is 0.396 e. The Balaban J connectivity index is 1.05. The number of rotatable bonds is 6. The van der Waals surface area contributed by atoms with Crippen molar-refractivity contribution in [1.29, 1.82) is 0 Å². The van der Waals surface area contributed by atoms with Crippen molar-refractivity contribution in [3.8, 4) is 0 Å². The fraction of sp³-hybridized carbons (Fsp3) is 0.952. The van der Waals surface area contributed by atoms with Gasteiger partial charge in [0.05, 0.1) is 43.7 Å². The number of aliphatic hydroxyl groups excluding tert-OH is 8. The molecule has 8 N–H and O–H groups in total. The molecule has 5 aliphatic carbocycles. The van der Waals surface area contributed by atoms with Gasteiger partial charge in [0.1, 0.15) is 42.7 Å². The van der Waals surface area contributed by atoms with Gasteiger partial charge in [0, 0.05) is 22.2 Å². The summed E-state index contributed by atoms with van der Waals surface area (Å²) >= 11 is 0. The summed E-state index contributed by atoms with van der Waals surface area (Å²) in [7, 11) is 0. The lowest BCUT2D eigenvalue weighted by molar-refractivity contribution is -0.367. The molecule has 2 bridgehead atoms. The summed E-state index contributed by atoms with van der Waals surface area (Å²) < 4.78 is 31.2. The monoisotopic (exact) mass is 780 g/mol. The lowest BCUT2D eigenvalue weighted by Crippen LogP contribution is -2.72. The van der Waals surface area contributed by atoms with E-state index in [9.17, 15) is 40.9 Å². The molecule has 3 heterocycles. The molecule has 0 aromatic heterocycles. The number of aliphatic hydroxyl groups is 8. The van der Waals surface area contributed by atoms with E-state index < -0.39 is 91.2 Å². The Labute approximate surface area is 325 Å². The highest BCUT2D eigenvalue weighted by Crippen LogP contribution is 2.79. The highest BCUT2D eigenvalue weighted by Gasteiger charge is 2.79. The average Bonchev–Trinajstić information content (AvgIpc) is 3.41. The van der Waals surface area contributed by atoms with Crippen LogP contribution in [0.5, 0.6) is 0 Å². The van der Waals surface area contributed by atoms with Gasteiger partial charge in [-0.15, -0.1) is 0 Å². The molecule has 5 unspecified atom stereocenters. The van der Waals surface area contributed by atoms with Gasteiger partial charge in [0.2, 0.25) is 0 Å². The number of allylic oxidation sites excluding steroid dienone is 1. The Morgan fingerprint density at radius 1 is 0.727 bits per heavy atom. The van der Waals surface area contributed by atoms with E-state index in [0.29, 0.717) is 19.4 Å². The van der Waals surface area contributed by atoms with Crippen LogP contribution in [0.25, 0.3) is 0 Å². The molecule has 7 fully saturated rings. The maximum Gasteiger partial charge on any atom is 0.187 e. The minimum Gasteiger partial charge on any atom is -0.396 e. The van der Waals surface area contributed by atoms with Crippen molar-refractivity contribution in [2.75, 3.05) is 19.8 Å². The third kappa shape index (κ3) is 5.44. The van der Waals surface area contributed by atoms with Crippen LogP contribution < -0.4 is 0 Å². The van der Waals surface area contributed by atoms with Gasteiger partial charge in [0.15, 0.2) is 12.6 Å². The molecule has 0 amide bonds. The van der Waals surface area contributed by atoms with E-state index in [2.05, 4.69) is 53.7 Å². The molecule has 0 radical (unpaired) electrons. The van der Waals surface area contributed by atoms with Crippen molar-refractivity contribution in [2.45, 2.75) is 179 Å². The molecule has 8 aliphatic rings. The smallest absolute Gasteiger partial charge is 0.187 e. The molecule has 0 aromatic carbocycles. The van der Waals surface area contributed by atoms with Gasteiger partial charge in [-0.05, 0) is 86.4 Å². The fourth-order valence-corrected chi connectivity index (χ4v) is 14.3. The molecule has 13 nitrogen and oxygen atoms in total. The summed E-state index contributed by atoms with van der Waals surface area (Å²) in [6.07, 6.45) is -3.39. The molecule has 1 spiro atoms. The van der Waals surface area contributed by atoms with Crippen molar-refractivity contribution in [3.63, 3.8) is 0 Å². The molecule has 55 heavy (non-hydrogen) atoms. The lowest BCUT2D eigenvalue weighted by atomic mass is 9.32. The summed E-state index contributed by atoms with van der Waals surface area (Å²) in [5, 5.41) is 87.0. The zero-order valence-electron chi connectivity index (χ0n) is 33.7.